The molecule has 2 aromatic rings. The lowest BCUT2D eigenvalue weighted by atomic mass is 9.71. The Morgan fingerprint density at radius 2 is 1.96 bits per heavy atom. The normalized spacial score (nSPS) is 26.7. The molecule has 2 aliphatic heterocycles. The van der Waals surface area contributed by atoms with Gasteiger partial charge in [0.05, 0.1) is 0 Å². The number of nitrogens with two attached hydrogens (primary N) is 1. The summed E-state index contributed by atoms with van der Waals surface area (Å²) in [5, 5.41) is 0.789. The van der Waals surface area contributed by atoms with Gasteiger partial charge < -0.3 is 5.73 Å². The van der Waals surface area contributed by atoms with E-state index in [0.717, 1.165) is 41.2 Å². The van der Waals surface area contributed by atoms with Gasteiger partial charge in [-0.05, 0) is 42.2 Å². The molecule has 0 spiro atoms. The summed E-state index contributed by atoms with van der Waals surface area (Å²) >= 11 is 6.38. The highest BCUT2D eigenvalue weighted by Crippen LogP contribution is 2.46. The average molecular weight is 341 g/mol. The second-order valence-corrected chi connectivity index (χ2v) is 7.29. The minimum Gasteiger partial charge on any atom is -0.399 e. The maximum absolute atomic E-state index is 12.5. The minimum absolute atomic E-state index is 0.0688. The van der Waals surface area contributed by atoms with Gasteiger partial charge >= 0.3 is 0 Å². The lowest BCUT2D eigenvalue weighted by Crippen LogP contribution is -2.53. The summed E-state index contributed by atoms with van der Waals surface area (Å²) in [6, 6.07) is 16.3. The van der Waals surface area contributed by atoms with E-state index in [0.29, 0.717) is 18.2 Å². The molecule has 2 N–H and O–H groups in total. The molecule has 2 bridgehead atoms. The van der Waals surface area contributed by atoms with Crippen LogP contribution in [-0.2, 0) is 11.3 Å². The molecule has 0 radical (unpaired) electrons. The lowest BCUT2D eigenvalue weighted by Gasteiger charge is -2.51. The summed E-state index contributed by atoms with van der Waals surface area (Å²) in [4.78, 5) is 15.0. The van der Waals surface area contributed by atoms with E-state index in [1.165, 1.54) is 0 Å². The number of hydrogen-bond donors (Lipinski definition) is 1. The van der Waals surface area contributed by atoms with Crippen molar-refractivity contribution < 1.29 is 4.79 Å². The molecule has 1 aliphatic carbocycles. The highest BCUT2D eigenvalue weighted by molar-refractivity contribution is 6.31. The molecule has 3 unspecified atom stereocenters. The van der Waals surface area contributed by atoms with E-state index in [1.54, 1.807) is 0 Å². The van der Waals surface area contributed by atoms with Crippen LogP contribution in [0.5, 0.6) is 0 Å². The quantitative estimate of drug-likeness (QED) is 0.851. The molecule has 24 heavy (non-hydrogen) atoms. The number of benzene rings is 2. The second-order valence-electron chi connectivity index (χ2n) is 6.89. The van der Waals surface area contributed by atoms with Gasteiger partial charge in [-0.1, -0.05) is 41.9 Å². The molecule has 3 fully saturated rings. The summed E-state index contributed by atoms with van der Waals surface area (Å²) in [7, 11) is 0. The Hall–Kier alpha value is -1.84. The smallest absolute Gasteiger partial charge is 0.139 e. The third-order valence-corrected chi connectivity index (χ3v) is 5.80. The van der Waals surface area contributed by atoms with Gasteiger partial charge in [-0.25, -0.2) is 0 Å². The van der Waals surface area contributed by atoms with Crippen LogP contribution in [0.15, 0.2) is 48.5 Å². The summed E-state index contributed by atoms with van der Waals surface area (Å²) in [6.07, 6.45) is 2.72. The number of fused-ring (bicyclic) bond motifs is 3. The van der Waals surface area contributed by atoms with E-state index in [-0.39, 0.29) is 12.0 Å². The predicted molar refractivity (Wildman–Crippen MR) is 96.7 cm³/mol. The van der Waals surface area contributed by atoms with Crippen molar-refractivity contribution in [2.24, 2.45) is 5.92 Å². The number of halogens is 1. The SMILES string of the molecule is Nc1cccc(C2C3CCC(CC3=O)N2Cc2ccccc2Cl)c1. The first kappa shape index (κ1) is 15.7. The fourth-order valence-corrected chi connectivity index (χ4v) is 4.51. The van der Waals surface area contributed by atoms with Crippen molar-refractivity contribution >= 4 is 23.1 Å². The van der Waals surface area contributed by atoms with Crippen molar-refractivity contribution in [2.75, 3.05) is 5.73 Å². The van der Waals surface area contributed by atoms with Crippen LogP contribution in [0.2, 0.25) is 5.02 Å². The number of hydrogen-bond acceptors (Lipinski definition) is 3. The number of nitrogens with zero attached hydrogens (tertiary/aromatic N) is 1. The first-order valence-corrected chi connectivity index (χ1v) is 8.88. The highest BCUT2D eigenvalue weighted by atomic mass is 35.5. The zero-order chi connectivity index (χ0) is 16.7. The lowest BCUT2D eigenvalue weighted by molar-refractivity contribution is -0.138. The molecule has 3 aliphatic rings. The molecule has 0 amide bonds. The minimum atomic E-state index is 0.0688. The molecule has 0 aromatic heterocycles. The predicted octanol–water partition coefficient (Wildman–Crippen LogP) is 4.22. The average Bonchev–Trinajstić information content (AvgIpc) is 2.58. The third-order valence-electron chi connectivity index (χ3n) is 5.43. The molecule has 3 nitrogen and oxygen atoms in total. The number of carbonyl (C=O) groups excluding carboxylic acids is 1. The van der Waals surface area contributed by atoms with Gasteiger partial charge in [0.2, 0.25) is 0 Å². The number of nitrogen functional groups attached to an aromatic ring is 1. The number of ketones is 1. The Labute approximate surface area is 147 Å². The largest absolute Gasteiger partial charge is 0.399 e. The fourth-order valence-electron chi connectivity index (χ4n) is 4.31. The van der Waals surface area contributed by atoms with Crippen LogP contribution >= 0.6 is 11.6 Å². The molecule has 2 saturated heterocycles. The molecule has 5 rings (SSSR count). The van der Waals surface area contributed by atoms with Gasteiger partial charge in [0.25, 0.3) is 0 Å². The van der Waals surface area contributed by atoms with E-state index >= 15 is 0 Å². The molecule has 2 aromatic carbocycles. The van der Waals surface area contributed by atoms with E-state index in [4.69, 9.17) is 17.3 Å². The van der Waals surface area contributed by atoms with Gasteiger partial charge in [-0.2, -0.15) is 0 Å². The summed E-state index contributed by atoms with van der Waals surface area (Å²) in [5.41, 5.74) is 9.01. The topological polar surface area (TPSA) is 46.3 Å². The molecule has 2 heterocycles. The zero-order valence-corrected chi connectivity index (χ0v) is 14.2. The molecular weight excluding hydrogens is 320 g/mol. The summed E-state index contributed by atoms with van der Waals surface area (Å²) < 4.78 is 0. The number of anilines is 1. The van der Waals surface area contributed by atoms with Crippen molar-refractivity contribution in [2.45, 2.75) is 37.9 Å². The van der Waals surface area contributed by atoms with Crippen LogP contribution in [0.3, 0.4) is 0 Å². The first-order chi connectivity index (χ1) is 11.6. The fraction of sp³-hybridized carbons (Fsp3) is 0.350. The number of Topliss-reactive ketones (excluding diaryl/α,β-unsaturated/α-hetero) is 1. The zero-order valence-electron chi connectivity index (χ0n) is 13.5. The van der Waals surface area contributed by atoms with Crippen LogP contribution < -0.4 is 5.73 Å². The third kappa shape index (κ3) is 2.72. The Morgan fingerprint density at radius 1 is 1.12 bits per heavy atom. The van der Waals surface area contributed by atoms with Crippen molar-refractivity contribution in [3.63, 3.8) is 0 Å². The monoisotopic (exact) mass is 340 g/mol. The molecular formula is C20H21ClN2O. The number of piperidine rings is 2. The van der Waals surface area contributed by atoms with Crippen molar-refractivity contribution in [1.29, 1.82) is 0 Å². The van der Waals surface area contributed by atoms with E-state index < -0.39 is 0 Å². The maximum atomic E-state index is 12.5. The molecule has 124 valence electrons. The van der Waals surface area contributed by atoms with E-state index in [9.17, 15) is 4.79 Å². The van der Waals surface area contributed by atoms with Gasteiger partial charge in [-0.3, -0.25) is 9.69 Å². The van der Waals surface area contributed by atoms with Gasteiger partial charge in [-0.15, -0.1) is 0 Å². The Kier molecular flexibility index (Phi) is 4.07. The maximum Gasteiger partial charge on any atom is 0.139 e. The van der Waals surface area contributed by atoms with Crippen LogP contribution in [0, 0.1) is 5.92 Å². The van der Waals surface area contributed by atoms with Crippen LogP contribution in [0.4, 0.5) is 5.69 Å². The Bertz CT molecular complexity index is 776. The molecule has 4 heteroatoms. The van der Waals surface area contributed by atoms with Gasteiger partial charge in [0.15, 0.2) is 0 Å². The summed E-state index contributed by atoms with van der Waals surface area (Å²) in [6.45, 7) is 0.771. The summed E-state index contributed by atoms with van der Waals surface area (Å²) in [5.74, 6) is 0.466. The standard InChI is InChI=1S/C20H21ClN2O/c21-18-7-2-1-4-14(18)12-23-16-8-9-17(19(24)11-16)20(23)13-5-3-6-15(22)10-13/h1-7,10,16-17,20H,8-9,11-12,22H2. The van der Waals surface area contributed by atoms with E-state index in [2.05, 4.69) is 17.0 Å². The van der Waals surface area contributed by atoms with E-state index in [1.807, 2.05) is 36.4 Å². The number of rotatable bonds is 3. The van der Waals surface area contributed by atoms with Gasteiger partial charge in [0, 0.05) is 41.7 Å². The second kappa shape index (κ2) is 6.23. The highest BCUT2D eigenvalue weighted by Gasteiger charge is 2.47. The number of carbonyl (C=O) groups is 1. The first-order valence-electron chi connectivity index (χ1n) is 8.51. The van der Waals surface area contributed by atoms with Crippen molar-refractivity contribution in [1.82, 2.24) is 4.90 Å². The Morgan fingerprint density at radius 3 is 2.71 bits per heavy atom. The van der Waals surface area contributed by atoms with Crippen LogP contribution in [-0.4, -0.2) is 16.7 Å². The molecule has 3 atom stereocenters. The van der Waals surface area contributed by atoms with Crippen LogP contribution in [0.1, 0.15) is 36.4 Å². The molecule has 1 saturated carbocycles. The van der Waals surface area contributed by atoms with Crippen molar-refractivity contribution in [3.05, 3.63) is 64.7 Å². The van der Waals surface area contributed by atoms with Gasteiger partial charge in [0.1, 0.15) is 5.78 Å². The van der Waals surface area contributed by atoms with Crippen molar-refractivity contribution in [3.8, 4) is 0 Å². The van der Waals surface area contributed by atoms with Crippen LogP contribution in [0.25, 0.3) is 0 Å². The Balaban J connectivity index is 1.72.